The van der Waals surface area contributed by atoms with Crippen LogP contribution >= 0.6 is 0 Å². The van der Waals surface area contributed by atoms with Crippen molar-refractivity contribution in [3.8, 4) is 0 Å². The van der Waals surface area contributed by atoms with E-state index in [1.165, 1.54) is 6.26 Å². The van der Waals surface area contributed by atoms with E-state index >= 15 is 0 Å². The maximum absolute atomic E-state index is 11.9. The third-order valence-corrected chi connectivity index (χ3v) is 3.03. The predicted octanol–water partition coefficient (Wildman–Crippen LogP) is 0.923. The van der Waals surface area contributed by atoms with Gasteiger partial charge in [0, 0.05) is 6.42 Å². The second-order valence-electron chi connectivity index (χ2n) is 4.27. The van der Waals surface area contributed by atoms with Gasteiger partial charge in [0.15, 0.2) is 5.76 Å². The van der Waals surface area contributed by atoms with Gasteiger partial charge in [-0.1, -0.05) is 18.2 Å². The Kier molecular flexibility index (Phi) is 2.78. The fourth-order valence-electron chi connectivity index (χ4n) is 2.08. The first-order chi connectivity index (χ1) is 8.74. The molecule has 2 aromatic rings. The van der Waals surface area contributed by atoms with Crippen molar-refractivity contribution in [3.63, 3.8) is 0 Å². The van der Waals surface area contributed by atoms with Gasteiger partial charge in [-0.25, -0.2) is 0 Å². The van der Waals surface area contributed by atoms with E-state index in [4.69, 9.17) is 9.07 Å². The van der Waals surface area contributed by atoms with E-state index < -0.39 is 7.12 Å². The number of hydrogen-bond donors (Lipinski definition) is 1. The SMILES string of the molecule is O=C(Cc1ccc2c(c1)B(O)OC2)c1ccco1. The number of furan rings is 1. The van der Waals surface area contributed by atoms with Crippen LogP contribution in [0.3, 0.4) is 0 Å². The first kappa shape index (κ1) is 11.3. The number of hydrogen-bond acceptors (Lipinski definition) is 4. The lowest BCUT2D eigenvalue weighted by atomic mass is 9.78. The highest BCUT2D eigenvalue weighted by molar-refractivity contribution is 6.61. The Bertz CT molecular complexity index is 577. The van der Waals surface area contributed by atoms with E-state index in [-0.39, 0.29) is 12.2 Å². The highest BCUT2D eigenvalue weighted by Crippen LogP contribution is 2.13. The molecular formula is C13H11BO4. The lowest BCUT2D eigenvalue weighted by Gasteiger charge is -2.03. The van der Waals surface area contributed by atoms with Crippen LogP contribution in [0.1, 0.15) is 21.7 Å². The van der Waals surface area contributed by atoms with E-state index in [1.54, 1.807) is 12.1 Å². The second-order valence-corrected chi connectivity index (χ2v) is 4.27. The Morgan fingerprint density at radius 3 is 3.06 bits per heavy atom. The molecule has 1 aromatic heterocycles. The van der Waals surface area contributed by atoms with E-state index in [1.807, 2.05) is 18.2 Å². The van der Waals surface area contributed by atoms with Gasteiger partial charge in [-0.05, 0) is 28.7 Å². The molecule has 1 aromatic carbocycles. The molecule has 90 valence electrons. The minimum atomic E-state index is -0.876. The number of carbonyl (C=O) groups is 1. The summed E-state index contributed by atoms with van der Waals surface area (Å²) < 4.78 is 10.2. The summed E-state index contributed by atoms with van der Waals surface area (Å²) in [4.78, 5) is 11.9. The van der Waals surface area contributed by atoms with Crippen LogP contribution in [0.2, 0.25) is 0 Å². The Morgan fingerprint density at radius 1 is 1.39 bits per heavy atom. The summed E-state index contributed by atoms with van der Waals surface area (Å²) in [7, 11) is -0.876. The van der Waals surface area contributed by atoms with Gasteiger partial charge in [0.2, 0.25) is 5.78 Å². The molecule has 0 radical (unpaired) electrons. The zero-order chi connectivity index (χ0) is 12.5. The van der Waals surface area contributed by atoms with Crippen molar-refractivity contribution in [3.05, 3.63) is 53.5 Å². The van der Waals surface area contributed by atoms with Crippen molar-refractivity contribution in [1.29, 1.82) is 0 Å². The average molecular weight is 242 g/mol. The summed E-state index contributed by atoms with van der Waals surface area (Å²) in [5.74, 6) is 0.278. The summed E-state index contributed by atoms with van der Waals surface area (Å²) in [6.45, 7) is 0.420. The zero-order valence-electron chi connectivity index (χ0n) is 9.63. The molecule has 0 aliphatic carbocycles. The van der Waals surface area contributed by atoms with E-state index in [0.717, 1.165) is 16.6 Å². The van der Waals surface area contributed by atoms with Crippen LogP contribution in [0.25, 0.3) is 0 Å². The number of rotatable bonds is 3. The van der Waals surface area contributed by atoms with E-state index in [0.29, 0.717) is 12.4 Å². The Hall–Kier alpha value is -1.85. The van der Waals surface area contributed by atoms with Crippen molar-refractivity contribution >= 4 is 18.4 Å². The van der Waals surface area contributed by atoms with Crippen molar-refractivity contribution in [1.82, 2.24) is 0 Å². The largest absolute Gasteiger partial charge is 0.491 e. The van der Waals surface area contributed by atoms with Gasteiger partial charge in [0.05, 0.1) is 12.9 Å². The number of benzene rings is 1. The van der Waals surface area contributed by atoms with Gasteiger partial charge < -0.3 is 14.1 Å². The summed E-state index contributed by atoms with van der Waals surface area (Å²) in [6.07, 6.45) is 1.74. The van der Waals surface area contributed by atoms with Crippen LogP contribution in [0.15, 0.2) is 41.0 Å². The van der Waals surface area contributed by atoms with E-state index in [2.05, 4.69) is 0 Å². The van der Waals surface area contributed by atoms with Gasteiger partial charge in [0.1, 0.15) is 0 Å². The normalized spacial score (nSPS) is 13.7. The first-order valence-corrected chi connectivity index (χ1v) is 5.72. The molecule has 5 heteroatoms. The monoisotopic (exact) mass is 242 g/mol. The fourth-order valence-corrected chi connectivity index (χ4v) is 2.08. The molecule has 0 bridgehead atoms. The molecule has 0 atom stereocenters. The second kappa shape index (κ2) is 4.44. The molecule has 1 aliphatic rings. The van der Waals surface area contributed by atoms with Gasteiger partial charge in [-0.15, -0.1) is 0 Å². The number of Topliss-reactive ketones (excluding diaryl/α,β-unsaturated/α-hetero) is 1. The molecule has 1 aliphatic heterocycles. The quantitative estimate of drug-likeness (QED) is 0.642. The highest BCUT2D eigenvalue weighted by atomic mass is 16.5. The van der Waals surface area contributed by atoms with Crippen molar-refractivity contribution in [2.24, 2.45) is 0 Å². The van der Waals surface area contributed by atoms with Crippen LogP contribution in [-0.4, -0.2) is 17.9 Å². The number of ketones is 1. The minimum Gasteiger partial charge on any atom is -0.461 e. The summed E-state index contributed by atoms with van der Waals surface area (Å²) in [5.41, 5.74) is 2.57. The smallest absolute Gasteiger partial charge is 0.461 e. The molecule has 1 N–H and O–H groups in total. The summed E-state index contributed by atoms with van der Waals surface area (Å²) in [5, 5.41) is 9.60. The topological polar surface area (TPSA) is 59.7 Å². The highest BCUT2D eigenvalue weighted by Gasteiger charge is 2.27. The molecule has 0 saturated heterocycles. The molecule has 18 heavy (non-hydrogen) atoms. The predicted molar refractivity (Wildman–Crippen MR) is 65.6 cm³/mol. The molecule has 0 unspecified atom stereocenters. The van der Waals surface area contributed by atoms with Crippen molar-refractivity contribution in [2.45, 2.75) is 13.0 Å². The van der Waals surface area contributed by atoms with Crippen LogP contribution in [0.4, 0.5) is 0 Å². The third-order valence-electron chi connectivity index (χ3n) is 3.03. The lowest BCUT2D eigenvalue weighted by molar-refractivity contribution is 0.0966. The molecule has 4 nitrogen and oxygen atoms in total. The van der Waals surface area contributed by atoms with Crippen molar-refractivity contribution in [2.75, 3.05) is 0 Å². The van der Waals surface area contributed by atoms with E-state index in [9.17, 15) is 9.82 Å². The number of fused-ring (bicyclic) bond motifs is 1. The fraction of sp³-hybridized carbons (Fsp3) is 0.154. The van der Waals surface area contributed by atoms with Gasteiger partial charge in [0.25, 0.3) is 0 Å². The number of carbonyl (C=O) groups excluding carboxylic acids is 1. The molecule has 3 rings (SSSR count). The lowest BCUT2D eigenvalue weighted by Crippen LogP contribution is -2.28. The average Bonchev–Trinajstić information content (AvgIpc) is 3.00. The van der Waals surface area contributed by atoms with Crippen molar-refractivity contribution < 1.29 is 18.9 Å². The van der Waals surface area contributed by atoms with Gasteiger partial charge in [-0.2, -0.15) is 0 Å². The molecule has 0 amide bonds. The standard InChI is InChI=1S/C13H11BO4/c15-12(13-2-1-5-17-13)7-9-3-4-10-8-18-14(16)11(10)6-9/h1-6,16H,7-8H2. The Labute approximate surface area is 104 Å². The maximum Gasteiger partial charge on any atom is 0.491 e. The van der Waals surface area contributed by atoms with Crippen LogP contribution in [0, 0.1) is 0 Å². The molecule has 0 spiro atoms. The molecule has 0 fully saturated rings. The first-order valence-electron chi connectivity index (χ1n) is 5.72. The Morgan fingerprint density at radius 2 is 2.28 bits per heavy atom. The summed E-state index contributed by atoms with van der Waals surface area (Å²) in [6, 6.07) is 8.91. The molecule has 2 heterocycles. The molecular weight excluding hydrogens is 231 g/mol. The maximum atomic E-state index is 11.9. The van der Waals surface area contributed by atoms with Gasteiger partial charge >= 0.3 is 7.12 Å². The van der Waals surface area contributed by atoms with Crippen LogP contribution < -0.4 is 5.46 Å². The molecule has 0 saturated carbocycles. The zero-order valence-corrected chi connectivity index (χ0v) is 9.63. The van der Waals surface area contributed by atoms with Crippen LogP contribution in [-0.2, 0) is 17.7 Å². The summed E-state index contributed by atoms with van der Waals surface area (Å²) >= 11 is 0. The van der Waals surface area contributed by atoms with Gasteiger partial charge in [-0.3, -0.25) is 4.79 Å². The third kappa shape index (κ3) is 1.98. The minimum absolute atomic E-state index is 0.0756. The van der Waals surface area contributed by atoms with Crippen LogP contribution in [0.5, 0.6) is 0 Å². The Balaban J connectivity index is 1.82.